The lowest BCUT2D eigenvalue weighted by atomic mass is 10.4. The third-order valence-electron chi connectivity index (χ3n) is 2.64. The second-order valence-electron chi connectivity index (χ2n) is 4.01. The first-order valence-electron chi connectivity index (χ1n) is 5.86. The van der Waals surface area contributed by atoms with E-state index in [0.717, 1.165) is 0 Å². The lowest BCUT2D eigenvalue weighted by molar-refractivity contribution is -0.0635. The van der Waals surface area contributed by atoms with Crippen LogP contribution in [0.5, 0.6) is 0 Å². The van der Waals surface area contributed by atoms with E-state index in [9.17, 15) is 17.7 Å². The lowest BCUT2D eigenvalue weighted by Gasteiger charge is -2.21. The molecule has 0 amide bonds. The molecule has 106 valence electrons. The topological polar surface area (TPSA) is 26.3 Å². The van der Waals surface area contributed by atoms with Gasteiger partial charge in [-0.2, -0.15) is 0 Å². The van der Waals surface area contributed by atoms with Crippen LogP contribution in [0.3, 0.4) is 0 Å². The molecule has 0 spiro atoms. The molecular weight excluding hydrogens is 288 g/mol. The molecule has 2 nitrogen and oxygen atoms in total. The lowest BCUT2D eigenvalue weighted by Crippen LogP contribution is -2.24. The van der Waals surface area contributed by atoms with Crippen LogP contribution in [-0.4, -0.2) is 12.8 Å². The van der Waals surface area contributed by atoms with Gasteiger partial charge in [0.1, 0.15) is 0 Å². The Hall–Kier alpha value is -1.58. The van der Waals surface area contributed by atoms with Gasteiger partial charge in [-0.3, -0.25) is 9.09 Å². The van der Waals surface area contributed by atoms with Crippen molar-refractivity contribution in [2.75, 3.05) is 0 Å². The number of halogens is 3. The fraction of sp³-hybridized carbons (Fsp3) is 0.143. The van der Waals surface area contributed by atoms with Crippen LogP contribution in [-0.2, 0) is 9.09 Å². The summed E-state index contributed by atoms with van der Waals surface area (Å²) in [7, 11) is -3.89. The second kappa shape index (κ2) is 6.25. The van der Waals surface area contributed by atoms with E-state index in [1.54, 1.807) is 36.4 Å². The molecule has 0 aliphatic rings. The quantitative estimate of drug-likeness (QED) is 0.790. The maximum absolute atomic E-state index is 13.2. The Morgan fingerprint density at radius 2 is 1.20 bits per heavy atom. The fourth-order valence-corrected chi connectivity index (χ4v) is 3.75. The first-order valence-corrected chi connectivity index (χ1v) is 7.48. The van der Waals surface area contributed by atoms with Crippen LogP contribution >= 0.6 is 7.37 Å². The largest absolute Gasteiger partial charge is 0.293 e. The average Bonchev–Trinajstić information content (AvgIpc) is 2.48. The zero-order chi connectivity index (χ0) is 14.6. The monoisotopic (exact) mass is 300 g/mol. The molecule has 1 unspecified atom stereocenters. The number of hydrogen-bond donors (Lipinski definition) is 0. The van der Waals surface area contributed by atoms with Crippen molar-refractivity contribution in [1.29, 1.82) is 0 Å². The van der Waals surface area contributed by atoms with E-state index >= 15 is 0 Å². The Bertz CT molecular complexity index is 546. The predicted molar refractivity (Wildman–Crippen MR) is 71.7 cm³/mol. The average molecular weight is 300 g/mol. The van der Waals surface area contributed by atoms with Crippen molar-refractivity contribution in [3.63, 3.8) is 0 Å². The zero-order valence-electron chi connectivity index (χ0n) is 10.3. The molecule has 0 heterocycles. The molecule has 0 aliphatic heterocycles. The summed E-state index contributed by atoms with van der Waals surface area (Å²) >= 11 is 0. The summed E-state index contributed by atoms with van der Waals surface area (Å²) < 4.78 is 55.5. The first kappa shape index (κ1) is 14.8. The third kappa shape index (κ3) is 3.11. The molecule has 1 atom stereocenters. The van der Waals surface area contributed by atoms with Crippen LogP contribution in [0.1, 0.15) is 0 Å². The number of benzene rings is 2. The smallest absolute Gasteiger partial charge is 0.282 e. The van der Waals surface area contributed by atoms with Crippen molar-refractivity contribution in [2.24, 2.45) is 0 Å². The van der Waals surface area contributed by atoms with Gasteiger partial charge >= 0.3 is 0 Å². The van der Waals surface area contributed by atoms with Gasteiger partial charge in [0.05, 0.1) is 0 Å². The normalized spacial score (nSPS) is 13.4. The van der Waals surface area contributed by atoms with Crippen LogP contribution in [0.15, 0.2) is 60.7 Å². The van der Waals surface area contributed by atoms with E-state index in [2.05, 4.69) is 4.52 Å². The molecule has 6 heteroatoms. The van der Waals surface area contributed by atoms with Crippen LogP contribution in [0.4, 0.5) is 13.2 Å². The third-order valence-corrected chi connectivity index (χ3v) is 5.09. The number of alkyl halides is 3. The standard InChI is InChI=1S/C14H12F3O2P/c15-13(16)14(17)19-20(18,11-7-3-1-4-8-11)12-9-5-2-6-10-12/h1-10,13-14H. The van der Waals surface area contributed by atoms with Gasteiger partial charge in [0.2, 0.25) is 0 Å². The van der Waals surface area contributed by atoms with E-state index in [1.165, 1.54) is 24.3 Å². The number of hydrogen-bond acceptors (Lipinski definition) is 2. The Morgan fingerprint density at radius 1 is 0.800 bits per heavy atom. The van der Waals surface area contributed by atoms with E-state index in [1.807, 2.05) is 0 Å². The van der Waals surface area contributed by atoms with Crippen LogP contribution in [0.25, 0.3) is 0 Å². The van der Waals surface area contributed by atoms with E-state index in [0.29, 0.717) is 0 Å². The molecule has 2 rings (SSSR count). The van der Waals surface area contributed by atoms with Crippen molar-refractivity contribution in [3.05, 3.63) is 60.7 Å². The van der Waals surface area contributed by atoms with Gasteiger partial charge in [0.25, 0.3) is 20.2 Å². The van der Waals surface area contributed by atoms with Crippen LogP contribution < -0.4 is 10.6 Å². The Kier molecular flexibility index (Phi) is 4.63. The summed E-state index contributed by atoms with van der Waals surface area (Å²) in [6, 6.07) is 15.6. The summed E-state index contributed by atoms with van der Waals surface area (Å²) in [5, 5.41) is 0.351. The molecule has 0 aliphatic carbocycles. The molecule has 2 aromatic carbocycles. The van der Waals surface area contributed by atoms with Gasteiger partial charge in [-0.15, -0.1) is 0 Å². The molecule has 0 fully saturated rings. The highest BCUT2D eigenvalue weighted by molar-refractivity contribution is 7.74. The molecule has 20 heavy (non-hydrogen) atoms. The van der Waals surface area contributed by atoms with E-state index < -0.39 is 20.2 Å². The van der Waals surface area contributed by atoms with Crippen molar-refractivity contribution in [3.8, 4) is 0 Å². The van der Waals surface area contributed by atoms with E-state index in [-0.39, 0.29) is 10.6 Å². The van der Waals surface area contributed by atoms with Gasteiger partial charge in [-0.05, 0) is 24.3 Å². The van der Waals surface area contributed by atoms with Crippen molar-refractivity contribution < 1.29 is 22.3 Å². The first-order chi connectivity index (χ1) is 9.54. The molecule has 0 saturated heterocycles. The second-order valence-corrected chi connectivity index (χ2v) is 6.36. The minimum absolute atomic E-state index is 0.175. The maximum Gasteiger partial charge on any atom is 0.293 e. The summed E-state index contributed by atoms with van der Waals surface area (Å²) in [4.78, 5) is 0. The molecule has 0 N–H and O–H groups in total. The molecule has 2 aromatic rings. The van der Waals surface area contributed by atoms with Crippen LogP contribution in [0, 0.1) is 0 Å². The summed E-state index contributed by atoms with van der Waals surface area (Å²) in [6.45, 7) is 0. The summed E-state index contributed by atoms with van der Waals surface area (Å²) in [5.74, 6) is 0. The molecule has 0 aromatic heterocycles. The maximum atomic E-state index is 13.2. The number of rotatable bonds is 5. The Balaban J connectivity index is 2.47. The molecule has 0 radical (unpaired) electrons. The van der Waals surface area contributed by atoms with Gasteiger partial charge in [0.15, 0.2) is 0 Å². The van der Waals surface area contributed by atoms with E-state index in [4.69, 9.17) is 0 Å². The Labute approximate surface area is 114 Å². The Morgan fingerprint density at radius 3 is 1.55 bits per heavy atom. The fourth-order valence-electron chi connectivity index (χ4n) is 1.71. The highest BCUT2D eigenvalue weighted by Gasteiger charge is 2.35. The van der Waals surface area contributed by atoms with Crippen molar-refractivity contribution in [1.82, 2.24) is 0 Å². The minimum Gasteiger partial charge on any atom is -0.282 e. The summed E-state index contributed by atoms with van der Waals surface area (Å²) in [6.07, 6.45) is -6.25. The molecule has 0 bridgehead atoms. The SMILES string of the molecule is O=P(OC(F)C(F)F)(c1ccccc1)c1ccccc1. The van der Waals surface area contributed by atoms with Gasteiger partial charge in [-0.1, -0.05) is 36.4 Å². The van der Waals surface area contributed by atoms with Gasteiger partial charge in [0, 0.05) is 10.6 Å². The predicted octanol–water partition coefficient (Wildman–Crippen LogP) is 3.49. The zero-order valence-corrected chi connectivity index (χ0v) is 11.2. The minimum atomic E-state index is -3.89. The van der Waals surface area contributed by atoms with Crippen molar-refractivity contribution >= 4 is 18.0 Å². The highest BCUT2D eigenvalue weighted by atomic mass is 31.2. The van der Waals surface area contributed by atoms with Crippen molar-refractivity contribution in [2.45, 2.75) is 12.8 Å². The summed E-state index contributed by atoms with van der Waals surface area (Å²) in [5.41, 5.74) is 0. The van der Waals surface area contributed by atoms with Gasteiger partial charge < -0.3 is 0 Å². The molecular formula is C14H12F3O2P. The van der Waals surface area contributed by atoms with Gasteiger partial charge in [-0.25, -0.2) is 13.2 Å². The van der Waals surface area contributed by atoms with Crippen LogP contribution in [0.2, 0.25) is 0 Å². The highest BCUT2D eigenvalue weighted by Crippen LogP contribution is 2.46. The molecule has 0 saturated carbocycles.